The lowest BCUT2D eigenvalue weighted by atomic mass is 9.85. The zero-order chi connectivity index (χ0) is 13.1. The van der Waals surface area contributed by atoms with Crippen LogP contribution >= 0.6 is 0 Å². The molecule has 1 rings (SSSR count). The number of hydrogen-bond donors (Lipinski definition) is 2. The lowest BCUT2D eigenvalue weighted by Gasteiger charge is -2.31. The molecule has 17 heavy (non-hydrogen) atoms. The standard InChI is InChI=1S/C12H21N3O2/c1-12(2,3)10(5-6-16)14-11(17)9-7-13-8-15(9)4/h7-8,10,16H,5-6H2,1-4H3,(H,14,17). The number of imidazole rings is 1. The summed E-state index contributed by atoms with van der Waals surface area (Å²) in [6, 6.07) is -0.0603. The van der Waals surface area contributed by atoms with Gasteiger partial charge in [-0.1, -0.05) is 20.8 Å². The molecule has 0 saturated carbocycles. The SMILES string of the molecule is Cn1cncc1C(=O)NC(CCO)C(C)(C)C. The molecule has 1 aromatic rings. The van der Waals surface area contributed by atoms with Gasteiger partial charge in [-0.05, 0) is 11.8 Å². The molecule has 0 bridgehead atoms. The van der Waals surface area contributed by atoms with Crippen molar-refractivity contribution < 1.29 is 9.90 Å². The van der Waals surface area contributed by atoms with Gasteiger partial charge in [-0.2, -0.15) is 0 Å². The van der Waals surface area contributed by atoms with Gasteiger partial charge in [-0.3, -0.25) is 4.79 Å². The van der Waals surface area contributed by atoms with E-state index in [-0.39, 0.29) is 24.0 Å². The van der Waals surface area contributed by atoms with E-state index in [1.165, 1.54) is 6.20 Å². The Morgan fingerprint density at radius 2 is 2.24 bits per heavy atom. The second-order valence-electron chi connectivity index (χ2n) is 5.29. The highest BCUT2D eigenvalue weighted by Gasteiger charge is 2.26. The van der Waals surface area contributed by atoms with Crippen molar-refractivity contribution in [3.8, 4) is 0 Å². The maximum Gasteiger partial charge on any atom is 0.269 e. The topological polar surface area (TPSA) is 67.2 Å². The second-order valence-corrected chi connectivity index (χ2v) is 5.29. The van der Waals surface area contributed by atoms with Gasteiger partial charge in [0.2, 0.25) is 0 Å². The first kappa shape index (κ1) is 13.7. The summed E-state index contributed by atoms with van der Waals surface area (Å²) in [6.07, 6.45) is 3.67. The number of carbonyl (C=O) groups is 1. The minimum atomic E-state index is -0.154. The smallest absolute Gasteiger partial charge is 0.269 e. The molecule has 0 fully saturated rings. The van der Waals surface area contributed by atoms with Crippen molar-refractivity contribution in [3.05, 3.63) is 18.2 Å². The molecule has 1 unspecified atom stereocenters. The average Bonchev–Trinajstić information content (AvgIpc) is 2.62. The fraction of sp³-hybridized carbons (Fsp3) is 0.667. The summed E-state index contributed by atoms with van der Waals surface area (Å²) >= 11 is 0. The van der Waals surface area contributed by atoms with Gasteiger partial charge in [0.1, 0.15) is 5.69 Å². The zero-order valence-corrected chi connectivity index (χ0v) is 10.9. The number of aliphatic hydroxyl groups excluding tert-OH is 1. The van der Waals surface area contributed by atoms with Crippen molar-refractivity contribution in [1.82, 2.24) is 14.9 Å². The van der Waals surface area contributed by atoms with E-state index in [1.807, 2.05) is 20.8 Å². The number of rotatable bonds is 4. The maximum absolute atomic E-state index is 12.0. The summed E-state index contributed by atoms with van der Waals surface area (Å²) in [5.41, 5.74) is 0.439. The van der Waals surface area contributed by atoms with Crippen LogP contribution in [0.4, 0.5) is 0 Å². The van der Waals surface area contributed by atoms with Gasteiger partial charge in [-0.25, -0.2) is 4.98 Å². The summed E-state index contributed by atoms with van der Waals surface area (Å²) in [7, 11) is 1.78. The van der Waals surface area contributed by atoms with Crippen molar-refractivity contribution in [2.45, 2.75) is 33.2 Å². The third-order valence-corrected chi connectivity index (χ3v) is 2.82. The molecule has 5 heteroatoms. The molecule has 2 N–H and O–H groups in total. The van der Waals surface area contributed by atoms with Crippen LogP contribution in [-0.4, -0.2) is 33.2 Å². The van der Waals surface area contributed by atoms with Crippen LogP contribution in [-0.2, 0) is 7.05 Å². The summed E-state index contributed by atoms with van der Waals surface area (Å²) < 4.78 is 1.67. The number of hydrogen-bond acceptors (Lipinski definition) is 3. The number of aliphatic hydroxyl groups is 1. The predicted molar refractivity (Wildman–Crippen MR) is 65.6 cm³/mol. The Kier molecular flexibility index (Phi) is 4.28. The Morgan fingerprint density at radius 1 is 1.59 bits per heavy atom. The molecule has 1 amide bonds. The van der Waals surface area contributed by atoms with E-state index < -0.39 is 0 Å². The van der Waals surface area contributed by atoms with Crippen LogP contribution in [0.15, 0.2) is 12.5 Å². The summed E-state index contributed by atoms with van der Waals surface area (Å²) in [4.78, 5) is 15.9. The van der Waals surface area contributed by atoms with Crippen LogP contribution < -0.4 is 5.32 Å². The Balaban J connectivity index is 2.75. The third kappa shape index (κ3) is 3.56. The van der Waals surface area contributed by atoms with Gasteiger partial charge in [0.25, 0.3) is 5.91 Å². The van der Waals surface area contributed by atoms with E-state index in [4.69, 9.17) is 5.11 Å². The van der Waals surface area contributed by atoms with Gasteiger partial charge in [-0.15, -0.1) is 0 Å². The van der Waals surface area contributed by atoms with Gasteiger partial charge >= 0.3 is 0 Å². The van der Waals surface area contributed by atoms with Crippen molar-refractivity contribution >= 4 is 5.91 Å². The maximum atomic E-state index is 12.0. The summed E-state index contributed by atoms with van der Waals surface area (Å²) in [5, 5.41) is 12.0. The summed E-state index contributed by atoms with van der Waals surface area (Å²) in [6.45, 7) is 6.18. The third-order valence-electron chi connectivity index (χ3n) is 2.82. The molecule has 1 heterocycles. The number of aromatic nitrogens is 2. The Bertz CT molecular complexity index is 379. The highest BCUT2D eigenvalue weighted by molar-refractivity contribution is 5.92. The van der Waals surface area contributed by atoms with Crippen molar-refractivity contribution in [1.29, 1.82) is 0 Å². The number of aryl methyl sites for hydroxylation is 1. The second kappa shape index (κ2) is 5.31. The highest BCUT2D eigenvalue weighted by atomic mass is 16.3. The lowest BCUT2D eigenvalue weighted by Crippen LogP contribution is -2.44. The van der Waals surface area contributed by atoms with Crippen molar-refractivity contribution in [2.24, 2.45) is 12.5 Å². The molecule has 0 aromatic carbocycles. The largest absolute Gasteiger partial charge is 0.396 e. The molecular weight excluding hydrogens is 218 g/mol. The van der Waals surface area contributed by atoms with Crippen LogP contribution in [0.25, 0.3) is 0 Å². The minimum absolute atomic E-state index is 0.0603. The van der Waals surface area contributed by atoms with E-state index in [0.717, 1.165) is 0 Å². The molecule has 0 saturated heterocycles. The lowest BCUT2D eigenvalue weighted by molar-refractivity contribution is 0.0877. The van der Waals surface area contributed by atoms with Gasteiger partial charge < -0.3 is 15.0 Å². The van der Waals surface area contributed by atoms with Crippen LogP contribution in [0, 0.1) is 5.41 Å². The molecular formula is C12H21N3O2. The molecule has 1 atom stereocenters. The van der Waals surface area contributed by atoms with Crippen LogP contribution in [0.2, 0.25) is 0 Å². The van der Waals surface area contributed by atoms with E-state index in [0.29, 0.717) is 12.1 Å². The number of carbonyl (C=O) groups excluding carboxylic acids is 1. The van der Waals surface area contributed by atoms with Crippen LogP contribution in [0.3, 0.4) is 0 Å². The predicted octanol–water partition coefficient (Wildman–Crippen LogP) is 0.947. The Morgan fingerprint density at radius 3 is 2.65 bits per heavy atom. The quantitative estimate of drug-likeness (QED) is 0.822. The van der Waals surface area contributed by atoms with E-state index in [2.05, 4.69) is 10.3 Å². The van der Waals surface area contributed by atoms with E-state index in [9.17, 15) is 4.79 Å². The molecule has 0 aliphatic carbocycles. The monoisotopic (exact) mass is 239 g/mol. The fourth-order valence-electron chi connectivity index (χ4n) is 1.66. The van der Waals surface area contributed by atoms with Crippen molar-refractivity contribution in [3.63, 3.8) is 0 Å². The van der Waals surface area contributed by atoms with Gasteiger partial charge in [0, 0.05) is 19.7 Å². The minimum Gasteiger partial charge on any atom is -0.396 e. The highest BCUT2D eigenvalue weighted by Crippen LogP contribution is 2.21. The molecule has 0 spiro atoms. The first-order chi connectivity index (χ1) is 7.86. The summed E-state index contributed by atoms with van der Waals surface area (Å²) in [5.74, 6) is -0.154. The van der Waals surface area contributed by atoms with Gasteiger partial charge in [0.15, 0.2) is 0 Å². The van der Waals surface area contributed by atoms with Crippen molar-refractivity contribution in [2.75, 3.05) is 6.61 Å². The molecule has 0 aliphatic heterocycles. The molecule has 96 valence electrons. The zero-order valence-electron chi connectivity index (χ0n) is 10.9. The van der Waals surface area contributed by atoms with E-state index >= 15 is 0 Å². The number of nitrogens with one attached hydrogen (secondary N) is 1. The van der Waals surface area contributed by atoms with Crippen LogP contribution in [0.5, 0.6) is 0 Å². The average molecular weight is 239 g/mol. The molecule has 1 aromatic heterocycles. The first-order valence-corrected chi connectivity index (χ1v) is 5.74. The van der Waals surface area contributed by atoms with E-state index in [1.54, 1.807) is 17.9 Å². The van der Waals surface area contributed by atoms with Crippen LogP contribution in [0.1, 0.15) is 37.7 Å². The number of amides is 1. The molecule has 0 radical (unpaired) electrons. The fourth-order valence-corrected chi connectivity index (χ4v) is 1.66. The van der Waals surface area contributed by atoms with Gasteiger partial charge in [0.05, 0.1) is 12.5 Å². The first-order valence-electron chi connectivity index (χ1n) is 5.74. The number of nitrogens with zero attached hydrogens (tertiary/aromatic N) is 2. The normalized spacial score (nSPS) is 13.5. The molecule has 5 nitrogen and oxygen atoms in total. The molecule has 0 aliphatic rings. The Labute approximate surface area is 102 Å². The Hall–Kier alpha value is -1.36.